The minimum absolute atomic E-state index is 0.0317. The Kier molecular flexibility index (Phi) is 7.16. The summed E-state index contributed by atoms with van der Waals surface area (Å²) in [7, 11) is 1.88. The maximum Gasteiger partial charge on any atom is 0.243 e. The summed E-state index contributed by atoms with van der Waals surface area (Å²) in [6.07, 6.45) is 0.840. The number of carbonyl (C=O) groups excluding carboxylic acids is 2. The third kappa shape index (κ3) is 6.39. The number of para-hydroxylation sites is 1. The highest BCUT2D eigenvalue weighted by Crippen LogP contribution is 2.14. The molecule has 0 fully saturated rings. The first-order chi connectivity index (χ1) is 12.1. The fourth-order valence-electron chi connectivity index (χ4n) is 2.58. The van der Waals surface area contributed by atoms with Crippen molar-refractivity contribution in [2.24, 2.45) is 0 Å². The standard InChI is InChI=1S/C20H25N3O2/c1-3-17-11-7-8-12-18(17)22-19(24)13-21-20(25)15-23(2)14-16-9-5-4-6-10-16/h4-12H,3,13-15H2,1-2H3,(H,21,25)(H,22,24). The first kappa shape index (κ1) is 18.7. The Bertz CT molecular complexity index is 701. The van der Waals surface area contributed by atoms with E-state index in [2.05, 4.69) is 10.6 Å². The Balaban J connectivity index is 1.74. The molecule has 0 aliphatic rings. The van der Waals surface area contributed by atoms with Gasteiger partial charge in [-0.3, -0.25) is 14.5 Å². The van der Waals surface area contributed by atoms with E-state index in [0.717, 1.165) is 23.2 Å². The van der Waals surface area contributed by atoms with Gasteiger partial charge in [0.05, 0.1) is 13.1 Å². The third-order valence-electron chi connectivity index (χ3n) is 3.83. The molecule has 0 aromatic heterocycles. The van der Waals surface area contributed by atoms with Crippen LogP contribution in [0.5, 0.6) is 0 Å². The molecule has 0 heterocycles. The Morgan fingerprint density at radius 2 is 1.64 bits per heavy atom. The number of rotatable bonds is 8. The van der Waals surface area contributed by atoms with E-state index in [1.165, 1.54) is 0 Å². The zero-order chi connectivity index (χ0) is 18.1. The molecular formula is C20H25N3O2. The van der Waals surface area contributed by atoms with Crippen LogP contribution in [-0.2, 0) is 22.6 Å². The fourth-order valence-corrected chi connectivity index (χ4v) is 2.58. The van der Waals surface area contributed by atoms with Crippen molar-refractivity contribution in [3.63, 3.8) is 0 Å². The number of hydrogen-bond acceptors (Lipinski definition) is 3. The van der Waals surface area contributed by atoms with Crippen LogP contribution in [0.2, 0.25) is 0 Å². The maximum absolute atomic E-state index is 12.0. The lowest BCUT2D eigenvalue weighted by Crippen LogP contribution is -2.39. The zero-order valence-electron chi connectivity index (χ0n) is 14.8. The number of aryl methyl sites for hydroxylation is 1. The molecule has 25 heavy (non-hydrogen) atoms. The number of carbonyl (C=O) groups is 2. The molecule has 2 aromatic carbocycles. The number of likely N-dealkylation sites (N-methyl/N-ethyl adjacent to an activating group) is 1. The molecule has 2 N–H and O–H groups in total. The van der Waals surface area contributed by atoms with Crippen LogP contribution in [0.1, 0.15) is 18.1 Å². The predicted octanol–water partition coefficient (Wildman–Crippen LogP) is 2.44. The van der Waals surface area contributed by atoms with E-state index in [1.807, 2.05) is 73.5 Å². The van der Waals surface area contributed by atoms with E-state index < -0.39 is 0 Å². The van der Waals surface area contributed by atoms with Gasteiger partial charge in [0.15, 0.2) is 0 Å². The smallest absolute Gasteiger partial charge is 0.243 e. The van der Waals surface area contributed by atoms with Gasteiger partial charge < -0.3 is 10.6 Å². The SMILES string of the molecule is CCc1ccccc1NC(=O)CNC(=O)CN(C)Cc1ccccc1. The number of amides is 2. The molecule has 5 nitrogen and oxygen atoms in total. The van der Waals surface area contributed by atoms with E-state index in [-0.39, 0.29) is 24.9 Å². The lowest BCUT2D eigenvalue weighted by atomic mass is 10.1. The zero-order valence-corrected chi connectivity index (χ0v) is 14.8. The van der Waals surface area contributed by atoms with Gasteiger partial charge in [-0.15, -0.1) is 0 Å². The first-order valence-electron chi connectivity index (χ1n) is 8.45. The van der Waals surface area contributed by atoms with Crippen molar-refractivity contribution in [1.29, 1.82) is 0 Å². The van der Waals surface area contributed by atoms with Crippen molar-refractivity contribution >= 4 is 17.5 Å². The molecule has 2 rings (SSSR count). The van der Waals surface area contributed by atoms with Gasteiger partial charge in [-0.05, 0) is 30.7 Å². The number of anilines is 1. The van der Waals surface area contributed by atoms with E-state index in [1.54, 1.807) is 0 Å². The highest BCUT2D eigenvalue weighted by Gasteiger charge is 2.10. The van der Waals surface area contributed by atoms with Gasteiger partial charge in [0, 0.05) is 12.2 Å². The molecule has 5 heteroatoms. The summed E-state index contributed by atoms with van der Waals surface area (Å²) in [4.78, 5) is 25.9. The summed E-state index contributed by atoms with van der Waals surface area (Å²) in [6, 6.07) is 17.6. The van der Waals surface area contributed by atoms with Gasteiger partial charge in [0.2, 0.25) is 11.8 Å². The molecule has 0 unspecified atom stereocenters. The fraction of sp³-hybridized carbons (Fsp3) is 0.300. The summed E-state index contributed by atoms with van der Waals surface area (Å²) in [5.74, 6) is -0.391. The average Bonchev–Trinajstić information content (AvgIpc) is 2.61. The second-order valence-corrected chi connectivity index (χ2v) is 5.99. The number of benzene rings is 2. The summed E-state index contributed by atoms with van der Waals surface area (Å²) in [5, 5.41) is 5.51. The topological polar surface area (TPSA) is 61.4 Å². The highest BCUT2D eigenvalue weighted by atomic mass is 16.2. The van der Waals surface area contributed by atoms with E-state index in [4.69, 9.17) is 0 Å². The molecule has 0 spiro atoms. The van der Waals surface area contributed by atoms with Crippen LogP contribution in [0.3, 0.4) is 0 Å². The highest BCUT2D eigenvalue weighted by molar-refractivity contribution is 5.95. The second kappa shape index (κ2) is 9.59. The summed E-state index contributed by atoms with van der Waals surface area (Å²) in [6.45, 7) is 2.93. The predicted molar refractivity (Wildman–Crippen MR) is 100 cm³/mol. The normalized spacial score (nSPS) is 10.5. The Hall–Kier alpha value is -2.66. The molecular weight excluding hydrogens is 314 g/mol. The number of hydrogen-bond donors (Lipinski definition) is 2. The molecule has 0 aliphatic heterocycles. The maximum atomic E-state index is 12.0. The monoisotopic (exact) mass is 339 g/mol. The average molecular weight is 339 g/mol. The Morgan fingerprint density at radius 1 is 0.960 bits per heavy atom. The van der Waals surface area contributed by atoms with Crippen molar-refractivity contribution < 1.29 is 9.59 Å². The van der Waals surface area contributed by atoms with E-state index in [9.17, 15) is 9.59 Å². The molecule has 0 aliphatic carbocycles. The Labute approximate surface area is 149 Å². The van der Waals surface area contributed by atoms with Crippen LogP contribution < -0.4 is 10.6 Å². The lowest BCUT2D eigenvalue weighted by Gasteiger charge is -2.16. The van der Waals surface area contributed by atoms with Crippen molar-refractivity contribution in [3.05, 3.63) is 65.7 Å². The minimum atomic E-state index is -0.222. The van der Waals surface area contributed by atoms with E-state index >= 15 is 0 Å². The molecule has 0 radical (unpaired) electrons. The first-order valence-corrected chi connectivity index (χ1v) is 8.45. The van der Waals surface area contributed by atoms with Crippen LogP contribution in [0.4, 0.5) is 5.69 Å². The van der Waals surface area contributed by atoms with Crippen molar-refractivity contribution in [2.75, 3.05) is 25.5 Å². The van der Waals surface area contributed by atoms with Crippen LogP contribution in [0.15, 0.2) is 54.6 Å². The Morgan fingerprint density at radius 3 is 2.36 bits per heavy atom. The molecule has 2 aromatic rings. The van der Waals surface area contributed by atoms with Gasteiger partial charge in [-0.25, -0.2) is 0 Å². The van der Waals surface area contributed by atoms with Gasteiger partial charge in [-0.1, -0.05) is 55.5 Å². The van der Waals surface area contributed by atoms with Crippen LogP contribution in [0.25, 0.3) is 0 Å². The summed E-state index contributed by atoms with van der Waals surface area (Å²) >= 11 is 0. The van der Waals surface area contributed by atoms with Crippen LogP contribution >= 0.6 is 0 Å². The van der Waals surface area contributed by atoms with Crippen molar-refractivity contribution in [1.82, 2.24) is 10.2 Å². The van der Waals surface area contributed by atoms with Gasteiger partial charge in [-0.2, -0.15) is 0 Å². The van der Waals surface area contributed by atoms with E-state index in [0.29, 0.717) is 6.54 Å². The largest absolute Gasteiger partial charge is 0.346 e. The van der Waals surface area contributed by atoms with Gasteiger partial charge in [0.1, 0.15) is 0 Å². The minimum Gasteiger partial charge on any atom is -0.346 e. The molecule has 0 bridgehead atoms. The van der Waals surface area contributed by atoms with Gasteiger partial charge >= 0.3 is 0 Å². The molecule has 2 amide bonds. The second-order valence-electron chi connectivity index (χ2n) is 5.99. The van der Waals surface area contributed by atoms with Crippen molar-refractivity contribution in [3.8, 4) is 0 Å². The quantitative estimate of drug-likeness (QED) is 0.776. The van der Waals surface area contributed by atoms with Crippen LogP contribution in [-0.4, -0.2) is 36.9 Å². The van der Waals surface area contributed by atoms with Crippen LogP contribution in [0, 0.1) is 0 Å². The molecule has 132 valence electrons. The van der Waals surface area contributed by atoms with Crippen molar-refractivity contribution in [2.45, 2.75) is 19.9 Å². The molecule has 0 saturated heterocycles. The molecule has 0 atom stereocenters. The summed E-state index contributed by atoms with van der Waals surface area (Å²) < 4.78 is 0. The number of nitrogens with one attached hydrogen (secondary N) is 2. The lowest BCUT2D eigenvalue weighted by molar-refractivity contribution is -0.124. The third-order valence-corrected chi connectivity index (χ3v) is 3.83. The van der Waals surface area contributed by atoms with Gasteiger partial charge in [0.25, 0.3) is 0 Å². The summed E-state index contributed by atoms with van der Waals surface area (Å²) in [5.41, 5.74) is 3.02. The number of nitrogens with zero attached hydrogens (tertiary/aromatic N) is 1. The molecule has 0 saturated carbocycles.